The van der Waals surface area contributed by atoms with Crippen LogP contribution in [-0.2, 0) is 31.5 Å². The highest BCUT2D eigenvalue weighted by atomic mass is 31.3. The van der Waals surface area contributed by atoms with Crippen LogP contribution in [0.4, 0.5) is 0 Å². The SMILES string of the molecule is C=CCOP(=O)(OCC)OP(=O)(OCC)OCC. The smallest absolute Gasteiger partial charge is 0.287 e. The third-order valence-corrected chi connectivity index (χ3v) is 5.20. The van der Waals surface area contributed by atoms with Crippen LogP contribution in [-0.4, -0.2) is 26.4 Å². The minimum atomic E-state index is -4.00. The second-order valence-electron chi connectivity index (χ2n) is 2.81. The van der Waals surface area contributed by atoms with Crippen LogP contribution in [0.3, 0.4) is 0 Å². The van der Waals surface area contributed by atoms with Gasteiger partial charge in [0, 0.05) is 0 Å². The monoisotopic (exact) mass is 302 g/mol. The molecule has 0 fully saturated rings. The molecule has 0 N–H and O–H groups in total. The third kappa shape index (κ3) is 6.81. The minimum absolute atomic E-state index is 0.0622. The molecule has 0 saturated carbocycles. The zero-order chi connectivity index (χ0) is 14.1. The molecule has 0 bridgehead atoms. The molecule has 0 aliphatic carbocycles. The molecular formula is C9H20O7P2. The summed E-state index contributed by atoms with van der Waals surface area (Å²) in [5.74, 6) is 0. The van der Waals surface area contributed by atoms with Gasteiger partial charge in [0.2, 0.25) is 0 Å². The Kier molecular flexibility index (Phi) is 8.99. The summed E-state index contributed by atoms with van der Waals surface area (Å²) in [7, 11) is -7.96. The molecule has 0 aromatic carbocycles. The second kappa shape index (κ2) is 8.99. The van der Waals surface area contributed by atoms with Gasteiger partial charge in [-0.2, -0.15) is 4.31 Å². The highest BCUT2D eigenvalue weighted by molar-refractivity contribution is 7.62. The van der Waals surface area contributed by atoms with Crippen LogP contribution >= 0.6 is 15.6 Å². The molecule has 1 atom stereocenters. The van der Waals surface area contributed by atoms with Gasteiger partial charge in [-0.25, -0.2) is 9.13 Å². The lowest BCUT2D eigenvalue weighted by atomic mass is 10.7. The molecule has 0 saturated heterocycles. The van der Waals surface area contributed by atoms with E-state index < -0.39 is 15.6 Å². The fourth-order valence-electron chi connectivity index (χ4n) is 0.910. The van der Waals surface area contributed by atoms with Crippen molar-refractivity contribution in [2.45, 2.75) is 20.8 Å². The molecule has 0 aliphatic heterocycles. The van der Waals surface area contributed by atoms with Crippen molar-refractivity contribution in [2.75, 3.05) is 26.4 Å². The van der Waals surface area contributed by atoms with E-state index in [0.717, 1.165) is 0 Å². The molecule has 1 unspecified atom stereocenters. The van der Waals surface area contributed by atoms with Crippen molar-refractivity contribution in [2.24, 2.45) is 0 Å². The Hall–Kier alpha value is -0.0000000000000000416. The van der Waals surface area contributed by atoms with E-state index in [0.29, 0.717) is 0 Å². The van der Waals surface area contributed by atoms with E-state index in [1.807, 2.05) is 0 Å². The van der Waals surface area contributed by atoms with E-state index >= 15 is 0 Å². The summed E-state index contributed by atoms with van der Waals surface area (Å²) in [5.41, 5.74) is 0. The number of phosphoric ester groups is 2. The van der Waals surface area contributed by atoms with E-state index in [1.54, 1.807) is 20.8 Å². The summed E-state index contributed by atoms with van der Waals surface area (Å²) in [6, 6.07) is 0. The fourth-order valence-corrected chi connectivity index (χ4v) is 4.03. The third-order valence-electron chi connectivity index (χ3n) is 1.41. The van der Waals surface area contributed by atoms with Gasteiger partial charge in [-0.1, -0.05) is 6.08 Å². The lowest BCUT2D eigenvalue weighted by Gasteiger charge is -2.21. The molecule has 7 nitrogen and oxygen atoms in total. The molecule has 108 valence electrons. The number of hydrogen-bond acceptors (Lipinski definition) is 7. The van der Waals surface area contributed by atoms with Crippen LogP contribution in [0.1, 0.15) is 20.8 Å². The van der Waals surface area contributed by atoms with E-state index in [9.17, 15) is 9.13 Å². The zero-order valence-corrected chi connectivity index (χ0v) is 12.7. The molecule has 0 rings (SSSR count). The topological polar surface area (TPSA) is 80.3 Å². The first-order valence-corrected chi connectivity index (χ1v) is 8.47. The first kappa shape index (κ1) is 18.0. The summed E-state index contributed by atoms with van der Waals surface area (Å²) in [6.45, 7) is 8.34. The highest BCUT2D eigenvalue weighted by Gasteiger charge is 2.39. The van der Waals surface area contributed by atoms with Crippen LogP contribution < -0.4 is 0 Å². The highest BCUT2D eigenvalue weighted by Crippen LogP contribution is 2.65. The zero-order valence-electron chi connectivity index (χ0n) is 10.9. The summed E-state index contributed by atoms with van der Waals surface area (Å²) in [5, 5.41) is 0. The Morgan fingerprint density at radius 2 is 1.28 bits per heavy atom. The van der Waals surface area contributed by atoms with Crippen LogP contribution in [0.5, 0.6) is 0 Å². The summed E-state index contributed by atoms with van der Waals surface area (Å²) >= 11 is 0. The average Bonchev–Trinajstić information content (AvgIpc) is 2.27. The largest absolute Gasteiger partial charge is 0.484 e. The van der Waals surface area contributed by atoms with Crippen molar-refractivity contribution in [3.63, 3.8) is 0 Å². The van der Waals surface area contributed by atoms with Crippen molar-refractivity contribution in [3.05, 3.63) is 12.7 Å². The molecule has 0 spiro atoms. The molecule has 0 aromatic rings. The van der Waals surface area contributed by atoms with Crippen LogP contribution in [0.25, 0.3) is 0 Å². The van der Waals surface area contributed by atoms with Gasteiger partial charge in [0.05, 0.1) is 26.4 Å². The van der Waals surface area contributed by atoms with Crippen molar-refractivity contribution in [3.8, 4) is 0 Å². The van der Waals surface area contributed by atoms with Gasteiger partial charge in [0.25, 0.3) is 0 Å². The molecule has 0 aliphatic rings. The van der Waals surface area contributed by atoms with Gasteiger partial charge in [0.15, 0.2) is 0 Å². The normalized spacial score (nSPS) is 15.3. The molecule has 18 heavy (non-hydrogen) atoms. The first-order chi connectivity index (χ1) is 8.45. The molecule has 0 amide bonds. The Morgan fingerprint density at radius 3 is 1.61 bits per heavy atom. The van der Waals surface area contributed by atoms with Gasteiger partial charge < -0.3 is 0 Å². The maximum Gasteiger partial charge on any atom is 0.484 e. The van der Waals surface area contributed by atoms with Gasteiger partial charge >= 0.3 is 15.6 Å². The Morgan fingerprint density at radius 1 is 0.889 bits per heavy atom. The van der Waals surface area contributed by atoms with Gasteiger partial charge in [0.1, 0.15) is 0 Å². The van der Waals surface area contributed by atoms with Crippen LogP contribution in [0.2, 0.25) is 0 Å². The second-order valence-corrected chi connectivity index (χ2v) is 6.29. The molecule has 0 heterocycles. The Labute approximate surface area is 108 Å². The summed E-state index contributed by atoms with van der Waals surface area (Å²) in [4.78, 5) is 0. The standard InChI is InChI=1S/C9H20O7P2/c1-5-9-15-18(11,14-8-4)16-17(10,12-6-2)13-7-3/h5H,1,6-9H2,2-4H3. The molecule has 9 heteroatoms. The maximum atomic E-state index is 12.1. The minimum Gasteiger partial charge on any atom is -0.287 e. The predicted octanol–water partition coefficient (Wildman–Crippen LogP) is 3.53. The first-order valence-electron chi connectivity index (χ1n) is 5.55. The quantitative estimate of drug-likeness (QED) is 0.426. The van der Waals surface area contributed by atoms with Crippen molar-refractivity contribution in [1.29, 1.82) is 0 Å². The Balaban J connectivity index is 4.84. The average molecular weight is 302 g/mol. The van der Waals surface area contributed by atoms with E-state index in [1.165, 1.54) is 6.08 Å². The van der Waals surface area contributed by atoms with Gasteiger partial charge in [-0.15, -0.1) is 6.58 Å². The lowest BCUT2D eigenvalue weighted by Crippen LogP contribution is -2.04. The van der Waals surface area contributed by atoms with Crippen molar-refractivity contribution in [1.82, 2.24) is 0 Å². The summed E-state index contributed by atoms with van der Waals surface area (Å²) in [6.07, 6.45) is 1.36. The van der Waals surface area contributed by atoms with E-state index in [4.69, 9.17) is 22.4 Å². The van der Waals surface area contributed by atoms with Gasteiger partial charge in [-0.3, -0.25) is 18.1 Å². The number of hydrogen-bond donors (Lipinski definition) is 0. The molecular weight excluding hydrogens is 282 g/mol. The van der Waals surface area contributed by atoms with Crippen LogP contribution in [0, 0.1) is 0 Å². The number of rotatable bonds is 11. The fraction of sp³-hybridized carbons (Fsp3) is 0.778. The van der Waals surface area contributed by atoms with Crippen molar-refractivity contribution >= 4 is 15.6 Å². The molecule has 0 radical (unpaired) electrons. The van der Waals surface area contributed by atoms with Crippen LogP contribution in [0.15, 0.2) is 12.7 Å². The Bertz CT molecular complexity index is 321. The van der Waals surface area contributed by atoms with Gasteiger partial charge in [-0.05, 0) is 20.8 Å². The van der Waals surface area contributed by atoms with E-state index in [2.05, 4.69) is 6.58 Å². The molecule has 0 aromatic heterocycles. The number of phosphoric acid groups is 2. The predicted molar refractivity (Wildman–Crippen MR) is 67.3 cm³/mol. The van der Waals surface area contributed by atoms with E-state index in [-0.39, 0.29) is 26.4 Å². The van der Waals surface area contributed by atoms with Crippen molar-refractivity contribution < 1.29 is 31.5 Å². The lowest BCUT2D eigenvalue weighted by molar-refractivity contribution is 0.122. The summed E-state index contributed by atoms with van der Waals surface area (Å²) < 4.78 is 48.4. The maximum absolute atomic E-state index is 12.1.